The number of aliphatic hydroxyl groups is 1. The van der Waals surface area contributed by atoms with E-state index in [1.54, 1.807) is 6.07 Å². The van der Waals surface area contributed by atoms with Gasteiger partial charge in [-0.05, 0) is 22.4 Å². The van der Waals surface area contributed by atoms with E-state index in [9.17, 15) is 5.11 Å². The number of aromatic nitrogens is 2. The lowest BCUT2D eigenvalue weighted by Crippen LogP contribution is -2.23. The van der Waals surface area contributed by atoms with Gasteiger partial charge in [-0.3, -0.25) is 0 Å². The van der Waals surface area contributed by atoms with Gasteiger partial charge in [0, 0.05) is 19.2 Å². The summed E-state index contributed by atoms with van der Waals surface area (Å²) >= 11 is 3.25. The normalized spacial score (nSPS) is 21.6. The average molecular weight is 259 g/mol. The van der Waals surface area contributed by atoms with E-state index in [4.69, 9.17) is 5.73 Å². The zero-order valence-electron chi connectivity index (χ0n) is 7.52. The average Bonchev–Trinajstić information content (AvgIpc) is 2.50. The third kappa shape index (κ3) is 1.96. The van der Waals surface area contributed by atoms with Crippen molar-refractivity contribution in [2.45, 2.75) is 12.5 Å². The van der Waals surface area contributed by atoms with Gasteiger partial charge in [-0.25, -0.2) is 4.98 Å². The van der Waals surface area contributed by atoms with Gasteiger partial charge >= 0.3 is 0 Å². The summed E-state index contributed by atoms with van der Waals surface area (Å²) in [6.07, 6.45) is 0.481. The highest BCUT2D eigenvalue weighted by molar-refractivity contribution is 9.10. The van der Waals surface area contributed by atoms with E-state index >= 15 is 0 Å². The number of aliphatic hydroxyl groups excluding tert-OH is 1. The molecule has 1 aromatic rings. The van der Waals surface area contributed by atoms with Gasteiger partial charge in [0.25, 0.3) is 0 Å². The van der Waals surface area contributed by atoms with Crippen molar-refractivity contribution in [3.8, 4) is 0 Å². The molecule has 1 unspecified atom stereocenters. The number of rotatable bonds is 1. The molecule has 0 amide bonds. The number of β-amino-alcohol motifs (C(OH)–C–C–N with tert-alkyl or cyclic N) is 1. The molecule has 0 radical (unpaired) electrons. The molecule has 1 aliphatic heterocycles. The van der Waals surface area contributed by atoms with Crippen LogP contribution in [0.25, 0.3) is 0 Å². The molecule has 1 aromatic heterocycles. The Bertz CT molecular complexity index is 326. The summed E-state index contributed by atoms with van der Waals surface area (Å²) in [4.78, 5) is 10.2. The summed E-state index contributed by atoms with van der Waals surface area (Å²) in [6, 6.07) is 1.65. The monoisotopic (exact) mass is 258 g/mol. The van der Waals surface area contributed by atoms with Crippen LogP contribution in [0.2, 0.25) is 0 Å². The molecule has 0 aromatic carbocycles. The predicted octanol–water partition coefficient (Wildman–Crippen LogP) is 0.392. The molecule has 0 aliphatic carbocycles. The molecular formula is C8H11BrN4O. The summed E-state index contributed by atoms with van der Waals surface area (Å²) in [5.74, 6) is 1.01. The molecule has 1 fully saturated rings. The van der Waals surface area contributed by atoms with Crippen LogP contribution in [0.15, 0.2) is 10.7 Å². The highest BCUT2D eigenvalue weighted by Gasteiger charge is 2.22. The Morgan fingerprint density at radius 2 is 2.36 bits per heavy atom. The van der Waals surface area contributed by atoms with Crippen molar-refractivity contribution in [2.24, 2.45) is 0 Å². The van der Waals surface area contributed by atoms with Gasteiger partial charge < -0.3 is 15.7 Å². The van der Waals surface area contributed by atoms with Crippen molar-refractivity contribution in [1.82, 2.24) is 9.97 Å². The zero-order chi connectivity index (χ0) is 10.1. The second kappa shape index (κ2) is 3.70. The molecule has 6 heteroatoms. The molecule has 0 bridgehead atoms. The molecule has 5 nitrogen and oxygen atoms in total. The van der Waals surface area contributed by atoms with Gasteiger partial charge in [-0.1, -0.05) is 0 Å². The Kier molecular flexibility index (Phi) is 2.56. The van der Waals surface area contributed by atoms with Crippen LogP contribution in [0.5, 0.6) is 0 Å². The fourth-order valence-electron chi connectivity index (χ4n) is 1.49. The molecule has 1 saturated heterocycles. The van der Waals surface area contributed by atoms with Crippen LogP contribution in [0.1, 0.15) is 6.42 Å². The molecule has 1 aliphatic rings. The second-order valence-corrected chi connectivity index (χ2v) is 4.12. The lowest BCUT2D eigenvalue weighted by Gasteiger charge is -2.15. The maximum atomic E-state index is 9.36. The van der Waals surface area contributed by atoms with Crippen molar-refractivity contribution in [3.05, 3.63) is 10.7 Å². The molecule has 0 spiro atoms. The number of nitrogens with two attached hydrogens (primary N) is 1. The van der Waals surface area contributed by atoms with Gasteiger partial charge in [0.2, 0.25) is 5.95 Å². The molecule has 2 rings (SSSR count). The quantitative estimate of drug-likeness (QED) is 0.714. The summed E-state index contributed by atoms with van der Waals surface area (Å²) in [5.41, 5.74) is 5.59. The highest BCUT2D eigenvalue weighted by atomic mass is 79.9. The van der Waals surface area contributed by atoms with Gasteiger partial charge in [-0.15, -0.1) is 0 Å². The summed E-state index contributed by atoms with van der Waals surface area (Å²) in [5, 5.41) is 9.36. The van der Waals surface area contributed by atoms with Gasteiger partial charge in [0.15, 0.2) is 0 Å². The largest absolute Gasteiger partial charge is 0.391 e. The lowest BCUT2D eigenvalue weighted by atomic mass is 10.3. The van der Waals surface area contributed by atoms with Crippen LogP contribution < -0.4 is 10.6 Å². The Balaban J connectivity index is 2.23. The van der Waals surface area contributed by atoms with E-state index < -0.39 is 0 Å². The van der Waals surface area contributed by atoms with E-state index in [1.807, 2.05) is 4.90 Å². The van der Waals surface area contributed by atoms with Crippen LogP contribution in [0.4, 0.5) is 11.8 Å². The number of nitrogens with zero attached hydrogens (tertiary/aromatic N) is 3. The Labute approximate surface area is 90.1 Å². The molecular weight excluding hydrogens is 248 g/mol. The number of halogens is 1. The first-order valence-corrected chi connectivity index (χ1v) is 5.17. The van der Waals surface area contributed by atoms with Crippen LogP contribution in [0, 0.1) is 0 Å². The minimum atomic E-state index is -0.279. The predicted molar refractivity (Wildman–Crippen MR) is 57.0 cm³/mol. The first-order chi connectivity index (χ1) is 6.65. The summed E-state index contributed by atoms with van der Waals surface area (Å²) in [6.45, 7) is 1.35. The number of nitrogen functional groups attached to an aromatic ring is 1. The van der Waals surface area contributed by atoms with Crippen molar-refractivity contribution in [3.63, 3.8) is 0 Å². The van der Waals surface area contributed by atoms with Crippen molar-refractivity contribution >= 4 is 27.7 Å². The van der Waals surface area contributed by atoms with Gasteiger partial charge in [-0.2, -0.15) is 4.98 Å². The van der Waals surface area contributed by atoms with Gasteiger partial charge in [0.05, 0.1) is 6.10 Å². The van der Waals surface area contributed by atoms with E-state index in [1.165, 1.54) is 0 Å². The molecule has 1 atom stereocenters. The lowest BCUT2D eigenvalue weighted by molar-refractivity contribution is 0.198. The first kappa shape index (κ1) is 9.67. The maximum Gasteiger partial charge on any atom is 0.228 e. The molecule has 76 valence electrons. The van der Waals surface area contributed by atoms with Crippen molar-refractivity contribution < 1.29 is 5.11 Å². The fraction of sp³-hybridized carbons (Fsp3) is 0.500. The SMILES string of the molecule is Nc1cc(Br)nc(N2CCC(O)C2)n1. The summed E-state index contributed by atoms with van der Waals surface area (Å²) in [7, 11) is 0. The van der Waals surface area contributed by atoms with Crippen molar-refractivity contribution in [2.75, 3.05) is 23.7 Å². The number of hydrogen-bond donors (Lipinski definition) is 2. The standard InChI is InChI=1S/C8H11BrN4O/c9-6-3-7(10)12-8(11-6)13-2-1-5(14)4-13/h3,5,14H,1-2,4H2,(H2,10,11,12). The zero-order valence-corrected chi connectivity index (χ0v) is 9.11. The molecule has 0 saturated carbocycles. The minimum Gasteiger partial charge on any atom is -0.391 e. The highest BCUT2D eigenvalue weighted by Crippen LogP contribution is 2.19. The Morgan fingerprint density at radius 3 is 2.93 bits per heavy atom. The van der Waals surface area contributed by atoms with Gasteiger partial charge in [0.1, 0.15) is 10.4 Å². The topological polar surface area (TPSA) is 75.3 Å². The van der Waals surface area contributed by atoms with Crippen LogP contribution in [0.3, 0.4) is 0 Å². The van der Waals surface area contributed by atoms with E-state index in [2.05, 4.69) is 25.9 Å². The van der Waals surface area contributed by atoms with Crippen molar-refractivity contribution in [1.29, 1.82) is 0 Å². The molecule has 14 heavy (non-hydrogen) atoms. The van der Waals surface area contributed by atoms with Crippen LogP contribution >= 0.6 is 15.9 Å². The fourth-order valence-corrected chi connectivity index (χ4v) is 1.88. The smallest absolute Gasteiger partial charge is 0.228 e. The first-order valence-electron chi connectivity index (χ1n) is 4.38. The number of hydrogen-bond acceptors (Lipinski definition) is 5. The van der Waals surface area contributed by atoms with Crippen LogP contribution in [-0.4, -0.2) is 34.3 Å². The maximum absolute atomic E-state index is 9.36. The van der Waals surface area contributed by atoms with E-state index in [0.29, 0.717) is 22.9 Å². The van der Waals surface area contributed by atoms with E-state index in [0.717, 1.165) is 13.0 Å². The third-order valence-corrected chi connectivity index (χ3v) is 2.56. The molecule has 3 N–H and O–H groups in total. The third-order valence-electron chi connectivity index (χ3n) is 2.15. The minimum absolute atomic E-state index is 0.279. The Hall–Kier alpha value is -0.880. The molecule has 2 heterocycles. The summed E-state index contributed by atoms with van der Waals surface area (Å²) < 4.78 is 0.668. The Morgan fingerprint density at radius 1 is 1.57 bits per heavy atom. The number of anilines is 2. The van der Waals surface area contributed by atoms with E-state index in [-0.39, 0.29) is 6.10 Å². The second-order valence-electron chi connectivity index (χ2n) is 3.30. The van der Waals surface area contributed by atoms with Crippen LogP contribution in [-0.2, 0) is 0 Å².